The van der Waals surface area contributed by atoms with E-state index in [0.717, 1.165) is 23.2 Å². The molecule has 27 heavy (non-hydrogen) atoms. The lowest BCUT2D eigenvalue weighted by atomic mass is 10.1. The van der Waals surface area contributed by atoms with Crippen LogP contribution in [0.15, 0.2) is 59.1 Å². The Labute approximate surface area is 168 Å². The van der Waals surface area contributed by atoms with Gasteiger partial charge in [-0.25, -0.2) is 0 Å². The minimum Gasteiger partial charge on any atom is -0.299 e. The maximum Gasteiger partial charge on any atom is 0.192 e. The van der Waals surface area contributed by atoms with Crippen LogP contribution in [-0.2, 0) is 12.2 Å². The van der Waals surface area contributed by atoms with Crippen molar-refractivity contribution in [1.82, 2.24) is 14.8 Å². The van der Waals surface area contributed by atoms with E-state index in [-0.39, 0.29) is 0 Å². The van der Waals surface area contributed by atoms with Crippen LogP contribution in [0.25, 0.3) is 22.2 Å². The summed E-state index contributed by atoms with van der Waals surface area (Å²) in [5.41, 5.74) is 2.51. The van der Waals surface area contributed by atoms with Crippen molar-refractivity contribution in [3.63, 3.8) is 0 Å². The zero-order valence-electron chi connectivity index (χ0n) is 15.8. The molecule has 3 nitrogen and oxygen atoms in total. The number of hydrogen-bond acceptors (Lipinski definition) is 4. The third-order valence-corrected chi connectivity index (χ3v) is 6.75. The fraction of sp³-hybridized carbons (Fsp3) is 0.273. The highest BCUT2D eigenvalue weighted by Crippen LogP contribution is 2.33. The first kappa shape index (κ1) is 18.3. The fourth-order valence-electron chi connectivity index (χ4n) is 3.28. The molecule has 2 aromatic heterocycles. The van der Waals surface area contributed by atoms with Gasteiger partial charge in [0.1, 0.15) is 0 Å². The van der Waals surface area contributed by atoms with Gasteiger partial charge in [0.05, 0.1) is 0 Å². The number of benzene rings is 2. The van der Waals surface area contributed by atoms with E-state index >= 15 is 0 Å². The van der Waals surface area contributed by atoms with Crippen molar-refractivity contribution in [2.24, 2.45) is 0 Å². The minimum absolute atomic E-state index is 0.315. The second-order valence-electron chi connectivity index (χ2n) is 6.85. The highest BCUT2D eigenvalue weighted by atomic mass is 32.2. The van der Waals surface area contributed by atoms with Crippen LogP contribution in [0.1, 0.15) is 37.3 Å². The van der Waals surface area contributed by atoms with Crippen molar-refractivity contribution in [2.75, 3.05) is 0 Å². The van der Waals surface area contributed by atoms with Crippen LogP contribution in [0.4, 0.5) is 0 Å². The maximum absolute atomic E-state index is 4.53. The van der Waals surface area contributed by atoms with Crippen LogP contribution in [0.5, 0.6) is 0 Å². The Morgan fingerprint density at radius 2 is 1.89 bits per heavy atom. The molecule has 0 aliphatic heterocycles. The second kappa shape index (κ2) is 7.87. The monoisotopic (exact) mass is 393 g/mol. The Morgan fingerprint density at radius 3 is 2.67 bits per heavy atom. The number of fused-ring (bicyclic) bond motifs is 1. The molecule has 0 radical (unpaired) electrons. The van der Waals surface area contributed by atoms with Gasteiger partial charge in [0.25, 0.3) is 0 Å². The van der Waals surface area contributed by atoms with Crippen molar-refractivity contribution in [2.45, 2.75) is 44.1 Å². The molecule has 2 heterocycles. The van der Waals surface area contributed by atoms with Crippen LogP contribution >= 0.6 is 23.1 Å². The summed E-state index contributed by atoms with van der Waals surface area (Å²) < 4.78 is 2.26. The van der Waals surface area contributed by atoms with Crippen molar-refractivity contribution in [1.29, 1.82) is 0 Å². The highest BCUT2D eigenvalue weighted by Gasteiger charge is 2.18. The van der Waals surface area contributed by atoms with Gasteiger partial charge in [-0.1, -0.05) is 61.2 Å². The topological polar surface area (TPSA) is 30.7 Å². The normalized spacial score (nSPS) is 11.6. The summed E-state index contributed by atoms with van der Waals surface area (Å²) in [5, 5.41) is 14.8. The number of nitrogens with zero attached hydrogens (tertiary/aromatic N) is 3. The molecule has 0 bridgehead atoms. The fourth-order valence-corrected chi connectivity index (χ4v) is 5.17. The predicted octanol–water partition coefficient (Wildman–Crippen LogP) is 6.60. The number of thiophene rings is 1. The Hall–Kier alpha value is -2.11. The summed E-state index contributed by atoms with van der Waals surface area (Å²) in [6.45, 7) is 6.58. The Kier molecular flexibility index (Phi) is 5.32. The molecule has 5 heteroatoms. The van der Waals surface area contributed by atoms with Gasteiger partial charge in [0.2, 0.25) is 0 Å². The molecule has 0 unspecified atom stereocenters. The lowest BCUT2D eigenvalue weighted by Crippen LogP contribution is -2.04. The molecule has 0 N–H and O–H groups in total. The molecule has 0 fully saturated rings. The molecule has 0 aliphatic carbocycles. The van der Waals surface area contributed by atoms with Gasteiger partial charge in [-0.3, -0.25) is 4.57 Å². The third kappa shape index (κ3) is 3.66. The first-order chi connectivity index (χ1) is 13.2. The van der Waals surface area contributed by atoms with Gasteiger partial charge in [0.15, 0.2) is 11.0 Å². The van der Waals surface area contributed by atoms with Gasteiger partial charge in [0, 0.05) is 27.6 Å². The SMILES string of the molecule is CCc1cc(-c2nnc(SCc3cccc4ccccc34)n2C(C)C)cs1. The summed E-state index contributed by atoms with van der Waals surface area (Å²) >= 11 is 3.56. The van der Waals surface area contributed by atoms with Gasteiger partial charge in [-0.2, -0.15) is 0 Å². The molecule has 0 aliphatic rings. The van der Waals surface area contributed by atoms with Crippen molar-refractivity contribution >= 4 is 33.9 Å². The maximum atomic E-state index is 4.53. The van der Waals surface area contributed by atoms with E-state index < -0.39 is 0 Å². The number of thioether (sulfide) groups is 1. The van der Waals surface area contributed by atoms with Crippen LogP contribution < -0.4 is 0 Å². The van der Waals surface area contributed by atoms with Crippen molar-refractivity contribution in [3.8, 4) is 11.4 Å². The molecule has 4 aromatic rings. The summed E-state index contributed by atoms with van der Waals surface area (Å²) in [7, 11) is 0. The molecule has 0 saturated carbocycles. The lowest BCUT2D eigenvalue weighted by Gasteiger charge is -2.13. The standard InChI is InChI=1S/C22H23N3S2/c1-4-19-12-18(14-26-19)21-23-24-22(25(21)15(2)3)27-13-17-10-7-9-16-8-5-6-11-20(16)17/h5-12,14-15H,4,13H2,1-3H3. The quantitative estimate of drug-likeness (QED) is 0.346. The molecular formula is C22H23N3S2. The number of hydrogen-bond donors (Lipinski definition) is 0. The van der Waals surface area contributed by atoms with Gasteiger partial charge in [-0.05, 0) is 42.7 Å². The Morgan fingerprint density at radius 1 is 1.07 bits per heavy atom. The van der Waals surface area contributed by atoms with E-state index in [4.69, 9.17) is 0 Å². The average molecular weight is 394 g/mol. The lowest BCUT2D eigenvalue weighted by molar-refractivity contribution is 0.555. The molecule has 0 saturated heterocycles. The van der Waals surface area contributed by atoms with Crippen LogP contribution in [-0.4, -0.2) is 14.8 Å². The van der Waals surface area contributed by atoms with Gasteiger partial charge in [-0.15, -0.1) is 21.5 Å². The Balaban J connectivity index is 1.64. The predicted molar refractivity (Wildman–Crippen MR) is 117 cm³/mol. The summed E-state index contributed by atoms with van der Waals surface area (Å²) in [4.78, 5) is 1.38. The molecular weight excluding hydrogens is 370 g/mol. The van der Waals surface area contributed by atoms with E-state index in [1.165, 1.54) is 26.8 Å². The van der Waals surface area contributed by atoms with Gasteiger partial charge < -0.3 is 0 Å². The van der Waals surface area contributed by atoms with E-state index in [2.05, 4.69) is 89.4 Å². The number of aromatic nitrogens is 3. The molecule has 0 amide bonds. The summed E-state index contributed by atoms with van der Waals surface area (Å²) in [6, 6.07) is 17.6. The zero-order valence-corrected chi connectivity index (χ0v) is 17.5. The number of rotatable bonds is 6. The first-order valence-corrected chi connectivity index (χ1v) is 11.2. The van der Waals surface area contributed by atoms with Crippen molar-refractivity contribution < 1.29 is 0 Å². The summed E-state index contributed by atoms with van der Waals surface area (Å²) in [5.74, 6) is 1.86. The van der Waals surface area contributed by atoms with E-state index in [1.54, 1.807) is 23.1 Å². The van der Waals surface area contributed by atoms with E-state index in [9.17, 15) is 0 Å². The van der Waals surface area contributed by atoms with E-state index in [1.807, 2.05) is 0 Å². The van der Waals surface area contributed by atoms with Crippen molar-refractivity contribution in [3.05, 3.63) is 64.4 Å². The minimum atomic E-state index is 0.315. The van der Waals surface area contributed by atoms with Crippen LogP contribution in [0, 0.1) is 0 Å². The zero-order chi connectivity index (χ0) is 18.8. The van der Waals surface area contributed by atoms with Crippen LogP contribution in [0.3, 0.4) is 0 Å². The third-order valence-electron chi connectivity index (χ3n) is 4.68. The summed E-state index contributed by atoms with van der Waals surface area (Å²) in [6.07, 6.45) is 1.06. The molecule has 4 rings (SSSR count). The number of aryl methyl sites for hydroxylation is 1. The van der Waals surface area contributed by atoms with Gasteiger partial charge >= 0.3 is 0 Å². The largest absolute Gasteiger partial charge is 0.299 e. The van der Waals surface area contributed by atoms with Crippen LogP contribution in [0.2, 0.25) is 0 Å². The highest BCUT2D eigenvalue weighted by molar-refractivity contribution is 7.98. The molecule has 2 aromatic carbocycles. The second-order valence-corrected chi connectivity index (χ2v) is 8.79. The first-order valence-electron chi connectivity index (χ1n) is 9.29. The molecule has 138 valence electrons. The van der Waals surface area contributed by atoms with E-state index in [0.29, 0.717) is 6.04 Å². The average Bonchev–Trinajstić information content (AvgIpc) is 3.32. The molecule has 0 atom stereocenters. The molecule has 0 spiro atoms. The Bertz CT molecular complexity index is 1060. The smallest absolute Gasteiger partial charge is 0.192 e.